The van der Waals surface area contributed by atoms with Crippen molar-refractivity contribution in [1.29, 1.82) is 0 Å². The molecule has 1 aromatic rings. The van der Waals surface area contributed by atoms with E-state index in [1.807, 2.05) is 18.2 Å². The van der Waals surface area contributed by atoms with Crippen LogP contribution in [0.25, 0.3) is 0 Å². The Bertz CT molecular complexity index is 388. The molecule has 0 amide bonds. The summed E-state index contributed by atoms with van der Waals surface area (Å²) >= 11 is 6.24. The Labute approximate surface area is 109 Å². The lowest BCUT2D eigenvalue weighted by Gasteiger charge is -2.35. The van der Waals surface area contributed by atoms with Gasteiger partial charge in [0.25, 0.3) is 0 Å². The Hall–Kier alpha value is -0.380. The zero-order valence-corrected chi connectivity index (χ0v) is 11.2. The third-order valence-electron chi connectivity index (χ3n) is 3.31. The molecule has 0 bridgehead atoms. The van der Waals surface area contributed by atoms with Crippen LogP contribution < -0.4 is 0 Å². The van der Waals surface area contributed by atoms with Crippen LogP contribution >= 0.6 is 11.6 Å². The van der Waals surface area contributed by atoms with Crippen LogP contribution in [0.2, 0.25) is 0 Å². The van der Waals surface area contributed by atoms with E-state index in [0.29, 0.717) is 17.7 Å². The lowest BCUT2D eigenvalue weighted by atomic mass is 9.86. The first-order valence-electron chi connectivity index (χ1n) is 5.95. The van der Waals surface area contributed by atoms with Crippen molar-refractivity contribution in [3.8, 4) is 0 Å². The molecule has 0 heterocycles. The van der Waals surface area contributed by atoms with Crippen LogP contribution in [-0.4, -0.2) is 19.6 Å². The van der Waals surface area contributed by atoms with Gasteiger partial charge in [0.1, 0.15) is 4.71 Å². The largest absolute Gasteiger partial charge is 0.387 e. The standard InChI is InChI=1S/C13H17ClO2S/c14-12(13(15)9-5-2-6-10-13)17(16)11-7-3-1-4-8-11/h1,3-4,7-8,12,15H,2,5-6,9-10H2/t12-,17+/m0/s1. The second kappa shape index (κ2) is 5.51. The molecule has 1 saturated carbocycles. The van der Waals surface area contributed by atoms with Crippen molar-refractivity contribution in [2.75, 3.05) is 0 Å². The molecular weight excluding hydrogens is 256 g/mol. The highest BCUT2D eigenvalue weighted by molar-refractivity contribution is 7.87. The van der Waals surface area contributed by atoms with Gasteiger partial charge < -0.3 is 5.11 Å². The molecule has 0 saturated heterocycles. The summed E-state index contributed by atoms with van der Waals surface area (Å²) in [6, 6.07) is 9.12. The van der Waals surface area contributed by atoms with Gasteiger partial charge in [0.15, 0.2) is 0 Å². The average Bonchev–Trinajstić information content (AvgIpc) is 2.39. The first kappa shape index (κ1) is 13.1. The lowest BCUT2D eigenvalue weighted by molar-refractivity contribution is 0.0175. The molecule has 1 fully saturated rings. The monoisotopic (exact) mass is 272 g/mol. The summed E-state index contributed by atoms with van der Waals surface area (Å²) in [6.07, 6.45) is 4.36. The first-order chi connectivity index (χ1) is 8.13. The van der Waals surface area contributed by atoms with Gasteiger partial charge in [-0.25, -0.2) is 0 Å². The van der Waals surface area contributed by atoms with Crippen molar-refractivity contribution in [1.82, 2.24) is 0 Å². The van der Waals surface area contributed by atoms with Gasteiger partial charge in [-0.3, -0.25) is 4.21 Å². The molecule has 0 unspecified atom stereocenters. The number of alkyl halides is 1. The molecule has 2 atom stereocenters. The number of hydrogen-bond acceptors (Lipinski definition) is 2. The van der Waals surface area contributed by atoms with Crippen molar-refractivity contribution in [3.63, 3.8) is 0 Å². The molecular formula is C13H17ClO2S. The van der Waals surface area contributed by atoms with Crippen LogP contribution in [-0.2, 0) is 10.8 Å². The quantitative estimate of drug-likeness (QED) is 0.859. The van der Waals surface area contributed by atoms with Crippen LogP contribution in [0, 0.1) is 0 Å². The summed E-state index contributed by atoms with van der Waals surface area (Å²) in [5.74, 6) is 0. The molecule has 0 spiro atoms. The molecule has 2 rings (SSSR count). The van der Waals surface area contributed by atoms with Gasteiger partial charge in [0.2, 0.25) is 0 Å². The zero-order chi connectivity index (χ0) is 12.3. The molecule has 17 heavy (non-hydrogen) atoms. The van der Waals surface area contributed by atoms with Crippen LogP contribution in [0.15, 0.2) is 35.2 Å². The summed E-state index contributed by atoms with van der Waals surface area (Å²) in [6.45, 7) is 0. The molecule has 0 radical (unpaired) electrons. The molecule has 1 aliphatic rings. The zero-order valence-electron chi connectivity index (χ0n) is 9.64. The van der Waals surface area contributed by atoms with E-state index < -0.39 is 21.1 Å². The Morgan fingerprint density at radius 1 is 1.18 bits per heavy atom. The summed E-state index contributed by atoms with van der Waals surface area (Å²) in [7, 11) is -1.35. The minimum Gasteiger partial charge on any atom is -0.387 e. The number of rotatable bonds is 3. The van der Waals surface area contributed by atoms with E-state index in [1.165, 1.54) is 0 Å². The van der Waals surface area contributed by atoms with E-state index in [1.54, 1.807) is 12.1 Å². The van der Waals surface area contributed by atoms with E-state index >= 15 is 0 Å². The number of aliphatic hydroxyl groups is 1. The highest BCUT2D eigenvalue weighted by Gasteiger charge is 2.40. The summed E-state index contributed by atoms with van der Waals surface area (Å²) in [5.41, 5.74) is -0.972. The Morgan fingerprint density at radius 3 is 2.35 bits per heavy atom. The van der Waals surface area contributed by atoms with Gasteiger partial charge in [-0.05, 0) is 25.0 Å². The van der Waals surface area contributed by atoms with Gasteiger partial charge in [0.05, 0.1) is 16.4 Å². The van der Waals surface area contributed by atoms with E-state index in [4.69, 9.17) is 11.6 Å². The fourth-order valence-electron chi connectivity index (χ4n) is 2.26. The van der Waals surface area contributed by atoms with Crippen LogP contribution in [0.5, 0.6) is 0 Å². The number of hydrogen-bond donors (Lipinski definition) is 1. The molecule has 1 aromatic carbocycles. The van der Waals surface area contributed by atoms with E-state index in [0.717, 1.165) is 19.3 Å². The molecule has 0 aliphatic heterocycles. The number of halogens is 1. The highest BCUT2D eigenvalue weighted by Crippen LogP contribution is 2.36. The SMILES string of the molecule is O=[S@](c1ccccc1)[C@H](Cl)C1(O)CCCCC1. The van der Waals surface area contributed by atoms with Crippen molar-refractivity contribution in [3.05, 3.63) is 30.3 Å². The predicted octanol–water partition coefficient (Wildman–Crippen LogP) is 3.05. The molecule has 2 nitrogen and oxygen atoms in total. The minimum absolute atomic E-state index is 0.653. The number of benzene rings is 1. The minimum atomic E-state index is -1.35. The van der Waals surface area contributed by atoms with Gasteiger partial charge >= 0.3 is 0 Å². The lowest BCUT2D eigenvalue weighted by Crippen LogP contribution is -2.43. The maximum Gasteiger partial charge on any atom is 0.142 e. The second-order valence-electron chi connectivity index (χ2n) is 4.59. The second-order valence-corrected chi connectivity index (χ2v) is 6.82. The normalized spacial score (nSPS) is 22.9. The predicted molar refractivity (Wildman–Crippen MR) is 70.5 cm³/mol. The fraction of sp³-hybridized carbons (Fsp3) is 0.538. The average molecular weight is 273 g/mol. The maximum absolute atomic E-state index is 12.3. The fourth-order valence-corrected chi connectivity index (χ4v) is 4.09. The highest BCUT2D eigenvalue weighted by atomic mass is 35.5. The molecule has 1 N–H and O–H groups in total. The van der Waals surface area contributed by atoms with Crippen LogP contribution in [0.4, 0.5) is 0 Å². The van der Waals surface area contributed by atoms with Gasteiger partial charge in [-0.15, -0.1) is 11.6 Å². The first-order valence-corrected chi connectivity index (χ1v) is 7.60. The van der Waals surface area contributed by atoms with Crippen molar-refractivity contribution < 1.29 is 9.32 Å². The Kier molecular flexibility index (Phi) is 4.23. The third kappa shape index (κ3) is 2.90. The van der Waals surface area contributed by atoms with Crippen LogP contribution in [0.1, 0.15) is 32.1 Å². The smallest absolute Gasteiger partial charge is 0.142 e. The topological polar surface area (TPSA) is 37.3 Å². The van der Waals surface area contributed by atoms with Crippen molar-refractivity contribution in [2.24, 2.45) is 0 Å². The van der Waals surface area contributed by atoms with Gasteiger partial charge in [0, 0.05) is 4.90 Å². The van der Waals surface area contributed by atoms with Gasteiger partial charge in [-0.2, -0.15) is 0 Å². The van der Waals surface area contributed by atoms with E-state index in [2.05, 4.69) is 0 Å². The van der Waals surface area contributed by atoms with Crippen molar-refractivity contribution in [2.45, 2.75) is 47.3 Å². The Balaban J connectivity index is 2.14. The van der Waals surface area contributed by atoms with Gasteiger partial charge in [-0.1, -0.05) is 37.5 Å². The van der Waals surface area contributed by atoms with E-state index in [-0.39, 0.29) is 0 Å². The van der Waals surface area contributed by atoms with Crippen molar-refractivity contribution >= 4 is 22.4 Å². The molecule has 94 valence electrons. The molecule has 4 heteroatoms. The molecule has 1 aliphatic carbocycles. The third-order valence-corrected chi connectivity index (χ3v) is 5.75. The summed E-state index contributed by atoms with van der Waals surface area (Å²) < 4.78 is 11.6. The van der Waals surface area contributed by atoms with Crippen LogP contribution in [0.3, 0.4) is 0 Å². The maximum atomic E-state index is 12.3. The molecule has 0 aromatic heterocycles. The Morgan fingerprint density at radius 2 is 1.76 bits per heavy atom. The van der Waals surface area contributed by atoms with E-state index in [9.17, 15) is 9.32 Å². The summed E-state index contributed by atoms with van der Waals surface area (Å²) in [4.78, 5) is 0.687. The summed E-state index contributed by atoms with van der Waals surface area (Å²) in [5, 5.41) is 10.4.